The molecule has 1 amide bonds. The first-order valence-electron chi connectivity index (χ1n) is 9.75. The molecule has 150 valence electrons. The number of anilines is 1. The lowest BCUT2D eigenvalue weighted by molar-refractivity contribution is 0.102. The van der Waals surface area contributed by atoms with Gasteiger partial charge in [-0.05, 0) is 36.4 Å². The van der Waals surface area contributed by atoms with Crippen molar-refractivity contribution in [2.24, 2.45) is 0 Å². The fraction of sp³-hybridized carbons (Fsp3) is 0. The summed E-state index contributed by atoms with van der Waals surface area (Å²) in [4.78, 5) is 18.0. The lowest BCUT2D eigenvalue weighted by atomic mass is 10.0. The van der Waals surface area contributed by atoms with Crippen molar-refractivity contribution in [3.8, 4) is 16.9 Å². The highest BCUT2D eigenvalue weighted by Crippen LogP contribution is 2.26. The van der Waals surface area contributed by atoms with E-state index < -0.39 is 0 Å². The second kappa shape index (κ2) is 8.16. The van der Waals surface area contributed by atoms with Gasteiger partial charge in [0.25, 0.3) is 5.91 Å². The molecule has 0 aliphatic carbocycles. The Bertz CT molecular complexity index is 1380. The van der Waals surface area contributed by atoms with E-state index in [0.717, 1.165) is 32.3 Å². The van der Waals surface area contributed by atoms with Gasteiger partial charge in [0.15, 0.2) is 5.82 Å². The van der Waals surface area contributed by atoms with Crippen LogP contribution in [0.1, 0.15) is 10.4 Å². The van der Waals surface area contributed by atoms with E-state index in [2.05, 4.69) is 26.3 Å². The number of hydrogen-bond acceptors (Lipinski definition) is 3. The maximum Gasteiger partial charge on any atom is 0.257 e. The number of carbonyl (C=O) groups is 1. The minimum atomic E-state index is -0.227. The Labute approximate surface area is 187 Å². The Balaban J connectivity index is 1.51. The molecule has 5 rings (SSSR count). The summed E-state index contributed by atoms with van der Waals surface area (Å²) in [6.45, 7) is 0. The van der Waals surface area contributed by atoms with Gasteiger partial charge in [0.1, 0.15) is 0 Å². The second-order valence-corrected chi connectivity index (χ2v) is 7.93. The maximum absolute atomic E-state index is 13.2. The molecule has 0 atom stereocenters. The van der Waals surface area contributed by atoms with Gasteiger partial charge < -0.3 is 5.32 Å². The van der Waals surface area contributed by atoms with Crippen LogP contribution in [0.5, 0.6) is 0 Å². The SMILES string of the molecule is O=C(Nc1ccn(-c2ccccc2)n1)c1cc(-c2ccc(Br)cc2)nc2ccccc12. The molecule has 0 saturated heterocycles. The molecular formula is C25H17BrN4O. The minimum absolute atomic E-state index is 0.227. The lowest BCUT2D eigenvalue weighted by Gasteiger charge is -2.10. The van der Waals surface area contributed by atoms with Gasteiger partial charge >= 0.3 is 0 Å². The van der Waals surface area contributed by atoms with Gasteiger partial charge in [-0.25, -0.2) is 9.67 Å². The van der Waals surface area contributed by atoms with Gasteiger partial charge in [0.05, 0.1) is 22.5 Å². The lowest BCUT2D eigenvalue weighted by Crippen LogP contribution is -2.14. The maximum atomic E-state index is 13.2. The summed E-state index contributed by atoms with van der Waals surface area (Å²) in [7, 11) is 0. The third kappa shape index (κ3) is 3.98. The molecule has 3 aromatic carbocycles. The van der Waals surface area contributed by atoms with Crippen molar-refractivity contribution >= 4 is 38.6 Å². The molecule has 0 radical (unpaired) electrons. The molecule has 5 nitrogen and oxygen atoms in total. The molecule has 31 heavy (non-hydrogen) atoms. The number of para-hydroxylation sites is 2. The van der Waals surface area contributed by atoms with Gasteiger partial charge in [-0.3, -0.25) is 4.79 Å². The summed E-state index contributed by atoms with van der Waals surface area (Å²) in [6, 6.07) is 28.9. The number of hydrogen-bond donors (Lipinski definition) is 1. The van der Waals surface area contributed by atoms with Gasteiger partial charge in [-0.15, -0.1) is 0 Å². The Kier molecular flexibility index (Phi) is 5.06. The monoisotopic (exact) mass is 468 g/mol. The summed E-state index contributed by atoms with van der Waals surface area (Å²) in [5.41, 5.74) is 3.93. The highest BCUT2D eigenvalue weighted by molar-refractivity contribution is 9.10. The van der Waals surface area contributed by atoms with Crippen LogP contribution >= 0.6 is 15.9 Å². The second-order valence-electron chi connectivity index (χ2n) is 7.01. The molecule has 0 bridgehead atoms. The molecule has 0 unspecified atom stereocenters. The molecule has 0 aliphatic heterocycles. The first-order chi connectivity index (χ1) is 15.2. The van der Waals surface area contributed by atoms with Crippen LogP contribution in [0.15, 0.2) is 102 Å². The molecule has 0 aliphatic rings. The van der Waals surface area contributed by atoms with E-state index in [1.165, 1.54) is 0 Å². The van der Waals surface area contributed by atoms with Gasteiger partial charge in [-0.2, -0.15) is 5.10 Å². The number of pyridine rings is 1. The van der Waals surface area contributed by atoms with Crippen molar-refractivity contribution in [2.75, 3.05) is 5.32 Å². The van der Waals surface area contributed by atoms with E-state index in [0.29, 0.717) is 11.4 Å². The summed E-state index contributed by atoms with van der Waals surface area (Å²) < 4.78 is 2.72. The molecule has 5 aromatic rings. The topological polar surface area (TPSA) is 59.8 Å². The van der Waals surface area contributed by atoms with Gasteiger partial charge in [0, 0.05) is 27.7 Å². The minimum Gasteiger partial charge on any atom is -0.305 e. The fourth-order valence-electron chi connectivity index (χ4n) is 3.43. The number of nitrogens with zero attached hydrogens (tertiary/aromatic N) is 3. The number of rotatable bonds is 4. The molecular weight excluding hydrogens is 452 g/mol. The van der Waals surface area contributed by atoms with Crippen LogP contribution in [-0.2, 0) is 0 Å². The van der Waals surface area contributed by atoms with E-state index in [-0.39, 0.29) is 5.91 Å². The first-order valence-corrected chi connectivity index (χ1v) is 10.5. The van der Waals surface area contributed by atoms with Crippen LogP contribution in [0.2, 0.25) is 0 Å². The smallest absolute Gasteiger partial charge is 0.257 e. The third-order valence-corrected chi connectivity index (χ3v) is 5.48. The van der Waals surface area contributed by atoms with Crippen LogP contribution in [0.4, 0.5) is 5.82 Å². The van der Waals surface area contributed by atoms with E-state index in [1.54, 1.807) is 10.7 Å². The van der Waals surface area contributed by atoms with Crippen molar-refractivity contribution in [1.82, 2.24) is 14.8 Å². The van der Waals surface area contributed by atoms with Crippen molar-refractivity contribution in [3.05, 3.63) is 107 Å². The summed E-state index contributed by atoms with van der Waals surface area (Å²) in [6.07, 6.45) is 1.82. The van der Waals surface area contributed by atoms with Crippen molar-refractivity contribution < 1.29 is 4.79 Å². The molecule has 2 aromatic heterocycles. The Morgan fingerprint density at radius 1 is 0.871 bits per heavy atom. The number of aromatic nitrogens is 3. The molecule has 0 fully saturated rings. The normalized spacial score (nSPS) is 10.9. The number of benzene rings is 3. The van der Waals surface area contributed by atoms with Gasteiger partial charge in [0.2, 0.25) is 0 Å². The van der Waals surface area contributed by atoms with Crippen LogP contribution < -0.4 is 5.32 Å². The fourth-order valence-corrected chi connectivity index (χ4v) is 3.69. The molecule has 2 heterocycles. The van der Waals surface area contributed by atoms with Crippen LogP contribution in [0.3, 0.4) is 0 Å². The molecule has 6 heteroatoms. The predicted octanol–water partition coefficient (Wildman–Crippen LogP) is 6.10. The van der Waals surface area contributed by atoms with Crippen LogP contribution in [-0.4, -0.2) is 20.7 Å². The zero-order valence-corrected chi connectivity index (χ0v) is 18.0. The average molecular weight is 469 g/mol. The molecule has 1 N–H and O–H groups in total. The largest absolute Gasteiger partial charge is 0.305 e. The van der Waals surface area contributed by atoms with E-state index in [9.17, 15) is 4.79 Å². The van der Waals surface area contributed by atoms with Crippen molar-refractivity contribution in [3.63, 3.8) is 0 Å². The van der Waals surface area contributed by atoms with Crippen molar-refractivity contribution in [1.29, 1.82) is 0 Å². The number of fused-ring (bicyclic) bond motifs is 1. The highest BCUT2D eigenvalue weighted by atomic mass is 79.9. The third-order valence-electron chi connectivity index (χ3n) is 4.95. The zero-order chi connectivity index (χ0) is 21.2. The number of carbonyl (C=O) groups excluding carboxylic acids is 1. The predicted molar refractivity (Wildman–Crippen MR) is 126 cm³/mol. The van der Waals surface area contributed by atoms with E-state index in [1.807, 2.05) is 91.1 Å². The Morgan fingerprint density at radius 3 is 2.42 bits per heavy atom. The first kappa shape index (κ1) is 19.2. The average Bonchev–Trinajstić information content (AvgIpc) is 3.28. The van der Waals surface area contributed by atoms with Crippen molar-refractivity contribution in [2.45, 2.75) is 0 Å². The Morgan fingerprint density at radius 2 is 1.61 bits per heavy atom. The highest BCUT2D eigenvalue weighted by Gasteiger charge is 2.15. The molecule has 0 spiro atoms. The van der Waals surface area contributed by atoms with Crippen LogP contribution in [0.25, 0.3) is 27.8 Å². The zero-order valence-electron chi connectivity index (χ0n) is 16.4. The number of amides is 1. The number of nitrogens with one attached hydrogen (secondary N) is 1. The molecule has 0 saturated carbocycles. The summed E-state index contributed by atoms with van der Waals surface area (Å²) in [5, 5.41) is 8.20. The Hall–Kier alpha value is -3.77. The van der Waals surface area contributed by atoms with Crippen LogP contribution in [0, 0.1) is 0 Å². The summed E-state index contributed by atoms with van der Waals surface area (Å²) >= 11 is 3.46. The van der Waals surface area contributed by atoms with Gasteiger partial charge in [-0.1, -0.05) is 64.5 Å². The standard InChI is InChI=1S/C25H17BrN4O/c26-18-12-10-17(11-13-18)23-16-21(20-8-4-5-9-22(20)27-23)25(31)28-24-14-15-30(29-24)19-6-2-1-3-7-19/h1-16H,(H,28,29,31). The van der Waals surface area contributed by atoms with E-state index in [4.69, 9.17) is 4.98 Å². The quantitative estimate of drug-likeness (QED) is 0.346. The number of halogens is 1. The summed E-state index contributed by atoms with van der Waals surface area (Å²) in [5.74, 6) is 0.259. The van der Waals surface area contributed by atoms with E-state index >= 15 is 0 Å².